The van der Waals surface area contributed by atoms with E-state index in [4.69, 9.17) is 5.73 Å². The maximum atomic E-state index is 5.47. The Hall–Kier alpha value is -0.325. The highest BCUT2D eigenvalue weighted by atomic mass is 31.0. The van der Waals surface area contributed by atoms with E-state index >= 15 is 0 Å². The van der Waals surface area contributed by atoms with E-state index in [1.165, 1.54) is 11.0 Å². The lowest BCUT2D eigenvalue weighted by atomic mass is 9.93. The van der Waals surface area contributed by atoms with Gasteiger partial charge in [-0.05, 0) is 5.56 Å². The number of nitrogens with two attached hydrogens (primary N) is 1. The molecule has 1 aromatic carbocycles. The molecule has 0 bridgehead atoms. The molecule has 1 rings (SSSR count). The van der Waals surface area contributed by atoms with Crippen LogP contribution in [0.15, 0.2) is 24.3 Å². The molecule has 0 amide bonds. The van der Waals surface area contributed by atoms with E-state index < -0.39 is 0 Å². The number of hydrogen-bond acceptors (Lipinski definition) is 1. The molecule has 1 unspecified atom stereocenters. The zero-order chi connectivity index (χ0) is 7.40. The Morgan fingerprint density at radius 3 is 2.90 bits per heavy atom. The van der Waals surface area contributed by atoms with Crippen molar-refractivity contribution in [2.24, 2.45) is 5.73 Å². The fraction of sp³-hybridized carbons (Fsp3) is 0.143. The topological polar surface area (TPSA) is 26.0 Å². The summed E-state index contributed by atoms with van der Waals surface area (Å²) in [6.07, 6.45) is 0. The largest absolute Gasteiger partial charge is 0.326 e. The lowest BCUT2D eigenvalue weighted by Crippen LogP contribution is -2.09. The fourth-order valence-electron chi connectivity index (χ4n) is 0.884. The highest BCUT2D eigenvalue weighted by molar-refractivity contribution is 7.58. The Bertz CT molecular complexity index is 195. The Labute approximate surface area is 64.4 Å². The van der Waals surface area contributed by atoms with E-state index in [0.717, 1.165) is 7.00 Å². The molecule has 0 aliphatic carbocycles. The predicted molar refractivity (Wildman–Crippen MR) is 50.8 cm³/mol. The Kier molecular flexibility index (Phi) is 2.92. The van der Waals surface area contributed by atoms with Crippen molar-refractivity contribution in [2.75, 3.05) is 0 Å². The zero-order valence-electron chi connectivity index (χ0n) is 5.88. The van der Waals surface area contributed by atoms with E-state index in [1.54, 1.807) is 0 Å². The Morgan fingerprint density at radius 2 is 2.30 bits per heavy atom. The maximum absolute atomic E-state index is 5.47. The van der Waals surface area contributed by atoms with Crippen LogP contribution in [-0.4, -0.2) is 7.00 Å². The van der Waals surface area contributed by atoms with Crippen LogP contribution in [0.2, 0.25) is 0 Å². The van der Waals surface area contributed by atoms with E-state index in [1.807, 2.05) is 12.1 Å². The molecule has 0 spiro atoms. The van der Waals surface area contributed by atoms with Crippen LogP contribution in [0.4, 0.5) is 0 Å². The second-order valence-electron chi connectivity index (χ2n) is 2.23. The SMILES string of the molecule is NCc1cccc(BP)c1. The van der Waals surface area contributed by atoms with Gasteiger partial charge in [-0.25, -0.2) is 0 Å². The van der Waals surface area contributed by atoms with E-state index in [-0.39, 0.29) is 0 Å². The van der Waals surface area contributed by atoms with E-state index in [0.29, 0.717) is 6.54 Å². The van der Waals surface area contributed by atoms with Crippen LogP contribution >= 0.6 is 9.12 Å². The molecule has 0 radical (unpaired) electrons. The minimum Gasteiger partial charge on any atom is -0.326 e. The second kappa shape index (κ2) is 3.75. The minimum atomic E-state index is 0.637. The van der Waals surface area contributed by atoms with Gasteiger partial charge in [0.1, 0.15) is 0 Å². The second-order valence-corrected chi connectivity index (χ2v) is 2.64. The van der Waals surface area contributed by atoms with Gasteiger partial charge in [0.25, 0.3) is 0 Å². The summed E-state index contributed by atoms with van der Waals surface area (Å²) in [7, 11) is 2.70. The van der Waals surface area contributed by atoms with Crippen LogP contribution in [-0.2, 0) is 6.54 Å². The molecule has 0 aliphatic heterocycles. The van der Waals surface area contributed by atoms with Gasteiger partial charge in [-0.1, -0.05) is 29.7 Å². The number of benzene rings is 1. The van der Waals surface area contributed by atoms with Crippen LogP contribution in [0.1, 0.15) is 5.56 Å². The summed E-state index contributed by atoms with van der Waals surface area (Å²) in [5, 5.41) is 0. The first-order valence-electron chi connectivity index (χ1n) is 3.34. The Balaban J connectivity index is 2.87. The fourth-order valence-corrected chi connectivity index (χ4v) is 1.14. The molecule has 0 saturated carbocycles. The molecule has 0 heterocycles. The molecular weight excluding hydrogens is 140 g/mol. The monoisotopic (exact) mass is 151 g/mol. The van der Waals surface area contributed by atoms with Gasteiger partial charge in [0.15, 0.2) is 7.00 Å². The number of rotatable bonds is 2. The average Bonchev–Trinajstić information content (AvgIpc) is 2.05. The molecule has 52 valence electrons. The standard InChI is InChI=1S/C7H11BNP/c9-5-6-2-1-3-7(4-6)8-10/h1-4,8H,5,9-10H2. The van der Waals surface area contributed by atoms with Crippen molar-refractivity contribution in [1.82, 2.24) is 0 Å². The quantitative estimate of drug-likeness (QED) is 0.467. The van der Waals surface area contributed by atoms with Crippen LogP contribution in [0.5, 0.6) is 0 Å². The van der Waals surface area contributed by atoms with Crippen molar-refractivity contribution < 1.29 is 0 Å². The molecule has 1 aromatic rings. The summed E-state index contributed by atoms with van der Waals surface area (Å²) >= 11 is 0. The van der Waals surface area contributed by atoms with Crippen molar-refractivity contribution in [3.63, 3.8) is 0 Å². The highest BCUT2D eigenvalue weighted by Gasteiger charge is 1.90. The summed E-state index contributed by atoms with van der Waals surface area (Å²) in [5.41, 5.74) is 8.00. The lowest BCUT2D eigenvalue weighted by molar-refractivity contribution is 1.07. The molecule has 3 heteroatoms. The van der Waals surface area contributed by atoms with Gasteiger partial charge in [-0.2, -0.15) is 9.12 Å². The van der Waals surface area contributed by atoms with Crippen molar-refractivity contribution in [1.29, 1.82) is 0 Å². The Morgan fingerprint density at radius 1 is 1.50 bits per heavy atom. The van der Waals surface area contributed by atoms with Crippen molar-refractivity contribution in [3.8, 4) is 0 Å². The van der Waals surface area contributed by atoms with Gasteiger partial charge in [0.2, 0.25) is 0 Å². The van der Waals surface area contributed by atoms with Crippen molar-refractivity contribution >= 4 is 21.6 Å². The summed E-state index contributed by atoms with van der Waals surface area (Å²) in [6, 6.07) is 8.32. The van der Waals surface area contributed by atoms with Crippen molar-refractivity contribution in [3.05, 3.63) is 29.8 Å². The molecule has 0 saturated heterocycles. The van der Waals surface area contributed by atoms with E-state index in [9.17, 15) is 0 Å². The maximum Gasteiger partial charge on any atom is 0.180 e. The summed E-state index contributed by atoms with van der Waals surface area (Å²) in [6.45, 7) is 1.65. The predicted octanol–water partition coefficient (Wildman–Crippen LogP) is -0.00280. The molecule has 1 atom stereocenters. The average molecular weight is 151 g/mol. The smallest absolute Gasteiger partial charge is 0.180 e. The molecule has 2 N–H and O–H groups in total. The summed E-state index contributed by atoms with van der Waals surface area (Å²) in [4.78, 5) is 0. The first kappa shape index (κ1) is 7.78. The van der Waals surface area contributed by atoms with Gasteiger partial charge in [-0.3, -0.25) is 0 Å². The van der Waals surface area contributed by atoms with Gasteiger partial charge in [0, 0.05) is 6.54 Å². The van der Waals surface area contributed by atoms with Gasteiger partial charge in [0.05, 0.1) is 0 Å². The zero-order valence-corrected chi connectivity index (χ0v) is 7.03. The van der Waals surface area contributed by atoms with Crippen LogP contribution in [0.3, 0.4) is 0 Å². The minimum absolute atomic E-state index is 0.637. The molecule has 10 heavy (non-hydrogen) atoms. The third kappa shape index (κ3) is 1.83. The van der Waals surface area contributed by atoms with Crippen molar-refractivity contribution in [2.45, 2.75) is 6.54 Å². The van der Waals surface area contributed by atoms with Gasteiger partial charge >= 0.3 is 0 Å². The molecular formula is C7H11BNP. The molecule has 0 aromatic heterocycles. The van der Waals surface area contributed by atoms with Crippen LogP contribution in [0, 0.1) is 0 Å². The normalized spacial score (nSPS) is 9.40. The molecule has 0 fully saturated rings. The first-order chi connectivity index (χ1) is 4.86. The van der Waals surface area contributed by atoms with Crippen LogP contribution in [0.25, 0.3) is 0 Å². The molecule has 0 aliphatic rings. The highest BCUT2D eigenvalue weighted by Crippen LogP contribution is 1.94. The number of hydrogen-bond donors (Lipinski definition) is 1. The molecule has 1 nitrogen and oxygen atoms in total. The van der Waals surface area contributed by atoms with Crippen LogP contribution < -0.4 is 11.2 Å². The lowest BCUT2D eigenvalue weighted by Gasteiger charge is -1.97. The third-order valence-corrected chi connectivity index (χ3v) is 1.93. The summed E-state index contributed by atoms with van der Waals surface area (Å²) in [5.74, 6) is 0. The third-order valence-electron chi connectivity index (χ3n) is 1.46. The summed E-state index contributed by atoms with van der Waals surface area (Å²) < 4.78 is 0. The first-order valence-corrected chi connectivity index (χ1v) is 4.16. The van der Waals surface area contributed by atoms with Gasteiger partial charge in [-0.15, -0.1) is 0 Å². The van der Waals surface area contributed by atoms with Gasteiger partial charge < -0.3 is 5.73 Å². The van der Waals surface area contributed by atoms with E-state index in [2.05, 4.69) is 21.3 Å².